The van der Waals surface area contributed by atoms with Crippen LogP contribution in [-0.4, -0.2) is 28.8 Å². The van der Waals surface area contributed by atoms with Gasteiger partial charge in [0.05, 0.1) is 11.3 Å². The summed E-state index contributed by atoms with van der Waals surface area (Å²) in [6.45, 7) is 6.02. The molecular weight excluding hydrogens is 240 g/mol. The summed E-state index contributed by atoms with van der Waals surface area (Å²) in [5.41, 5.74) is 1.27. The fourth-order valence-electron chi connectivity index (χ4n) is 2.49. The van der Waals surface area contributed by atoms with Crippen molar-refractivity contribution in [2.75, 3.05) is 13.2 Å². The minimum Gasteiger partial charge on any atom is -0.489 e. The third-order valence-corrected chi connectivity index (χ3v) is 3.64. The monoisotopic (exact) mass is 264 g/mol. The Morgan fingerprint density at radius 3 is 2.79 bits per heavy atom. The summed E-state index contributed by atoms with van der Waals surface area (Å²) in [6, 6.07) is 3.90. The summed E-state index contributed by atoms with van der Waals surface area (Å²) in [7, 11) is 0. The third kappa shape index (κ3) is 3.91. The van der Waals surface area contributed by atoms with Gasteiger partial charge in [-0.2, -0.15) is 0 Å². The Kier molecular flexibility index (Phi) is 4.77. The van der Waals surface area contributed by atoms with E-state index >= 15 is 0 Å². The molecule has 4 heteroatoms. The molecule has 0 aliphatic heterocycles. The Labute approximate surface area is 115 Å². The van der Waals surface area contributed by atoms with E-state index in [0.717, 1.165) is 49.4 Å². The molecule has 19 heavy (non-hydrogen) atoms. The van der Waals surface area contributed by atoms with Gasteiger partial charge in [0.15, 0.2) is 0 Å². The quantitative estimate of drug-likeness (QED) is 0.827. The van der Waals surface area contributed by atoms with Crippen LogP contribution in [0.1, 0.15) is 44.0 Å². The highest BCUT2D eigenvalue weighted by atomic mass is 16.5. The number of ether oxygens (including phenoxy) is 1. The maximum absolute atomic E-state index is 10.3. The molecule has 1 heterocycles. The second kappa shape index (κ2) is 6.35. The molecule has 2 N–H and O–H groups in total. The lowest BCUT2D eigenvalue weighted by molar-refractivity contribution is 0.000976. The summed E-state index contributed by atoms with van der Waals surface area (Å²) in [5.74, 6) is 0.784. The maximum Gasteiger partial charge on any atom is 0.142 e. The molecule has 0 aromatic carbocycles. The Balaban J connectivity index is 2.02. The van der Waals surface area contributed by atoms with Gasteiger partial charge in [0.1, 0.15) is 12.4 Å². The van der Waals surface area contributed by atoms with E-state index < -0.39 is 5.60 Å². The number of nitrogens with one attached hydrogen (secondary N) is 1. The van der Waals surface area contributed by atoms with Gasteiger partial charge < -0.3 is 15.2 Å². The molecular formula is C15H24N2O2. The molecule has 0 bridgehead atoms. The highest BCUT2D eigenvalue weighted by molar-refractivity contribution is 5.29. The normalized spacial score (nSPS) is 17.6. The minimum absolute atomic E-state index is 0.372. The van der Waals surface area contributed by atoms with Crippen LogP contribution in [0.4, 0.5) is 0 Å². The van der Waals surface area contributed by atoms with Crippen LogP contribution >= 0.6 is 0 Å². The molecule has 0 radical (unpaired) electrons. The summed E-state index contributed by atoms with van der Waals surface area (Å²) in [4.78, 5) is 4.51. The van der Waals surface area contributed by atoms with Crippen molar-refractivity contribution in [2.45, 2.75) is 51.7 Å². The van der Waals surface area contributed by atoms with Crippen molar-refractivity contribution >= 4 is 0 Å². The SMILES string of the molecule is CCNCc1nc(C)ccc1OCC1(O)CCCC1. The average Bonchev–Trinajstić information content (AvgIpc) is 2.82. The highest BCUT2D eigenvalue weighted by Gasteiger charge is 2.32. The molecule has 1 aromatic rings. The van der Waals surface area contributed by atoms with Crippen molar-refractivity contribution in [3.8, 4) is 5.75 Å². The fraction of sp³-hybridized carbons (Fsp3) is 0.667. The lowest BCUT2D eigenvalue weighted by Gasteiger charge is -2.23. The van der Waals surface area contributed by atoms with Crippen LogP contribution < -0.4 is 10.1 Å². The van der Waals surface area contributed by atoms with E-state index in [1.807, 2.05) is 19.1 Å². The molecule has 1 aliphatic carbocycles. The fourth-order valence-corrected chi connectivity index (χ4v) is 2.49. The van der Waals surface area contributed by atoms with Crippen LogP contribution in [0.5, 0.6) is 5.75 Å². The van der Waals surface area contributed by atoms with Gasteiger partial charge in [0.2, 0.25) is 0 Å². The Hall–Kier alpha value is -1.13. The first-order valence-electron chi connectivity index (χ1n) is 7.15. The molecule has 1 aromatic heterocycles. The number of rotatable bonds is 6. The number of hydrogen-bond donors (Lipinski definition) is 2. The summed E-state index contributed by atoms with van der Waals surface area (Å²) in [6.07, 6.45) is 3.87. The summed E-state index contributed by atoms with van der Waals surface area (Å²) < 4.78 is 5.82. The smallest absolute Gasteiger partial charge is 0.142 e. The number of pyridine rings is 1. The zero-order chi connectivity index (χ0) is 13.7. The van der Waals surface area contributed by atoms with Crippen molar-refractivity contribution in [3.05, 3.63) is 23.5 Å². The number of aliphatic hydroxyl groups is 1. The van der Waals surface area contributed by atoms with Gasteiger partial charge in [-0.15, -0.1) is 0 Å². The van der Waals surface area contributed by atoms with E-state index in [2.05, 4.69) is 17.2 Å². The van der Waals surface area contributed by atoms with Crippen molar-refractivity contribution in [2.24, 2.45) is 0 Å². The first-order valence-corrected chi connectivity index (χ1v) is 7.15. The summed E-state index contributed by atoms with van der Waals surface area (Å²) >= 11 is 0. The van der Waals surface area contributed by atoms with Crippen LogP contribution in [0.15, 0.2) is 12.1 Å². The van der Waals surface area contributed by atoms with E-state index in [9.17, 15) is 5.11 Å². The largest absolute Gasteiger partial charge is 0.489 e. The Morgan fingerprint density at radius 1 is 1.37 bits per heavy atom. The lowest BCUT2D eigenvalue weighted by atomic mass is 10.0. The van der Waals surface area contributed by atoms with Gasteiger partial charge >= 0.3 is 0 Å². The molecule has 1 fully saturated rings. The molecule has 106 valence electrons. The molecule has 1 saturated carbocycles. The number of aryl methyl sites for hydroxylation is 1. The van der Waals surface area contributed by atoms with Crippen molar-refractivity contribution < 1.29 is 9.84 Å². The standard InChI is InChI=1S/C15H24N2O2/c1-3-16-10-13-14(7-6-12(2)17-13)19-11-15(18)8-4-5-9-15/h6-7,16,18H,3-5,8-11H2,1-2H3. The number of aromatic nitrogens is 1. The zero-order valence-electron chi connectivity index (χ0n) is 11.9. The van der Waals surface area contributed by atoms with E-state index in [1.165, 1.54) is 0 Å². The Bertz CT molecular complexity index is 415. The average molecular weight is 264 g/mol. The van der Waals surface area contributed by atoms with Gasteiger partial charge in [-0.3, -0.25) is 4.98 Å². The van der Waals surface area contributed by atoms with Crippen LogP contribution in [0.3, 0.4) is 0 Å². The van der Waals surface area contributed by atoms with E-state index in [1.54, 1.807) is 0 Å². The van der Waals surface area contributed by atoms with Gasteiger partial charge in [-0.1, -0.05) is 19.8 Å². The molecule has 0 spiro atoms. The lowest BCUT2D eigenvalue weighted by Crippen LogP contribution is -2.32. The van der Waals surface area contributed by atoms with E-state index in [4.69, 9.17) is 4.74 Å². The van der Waals surface area contributed by atoms with Crippen LogP contribution in [0.25, 0.3) is 0 Å². The third-order valence-electron chi connectivity index (χ3n) is 3.64. The first-order chi connectivity index (χ1) is 9.13. The van der Waals surface area contributed by atoms with E-state index in [0.29, 0.717) is 13.2 Å². The number of nitrogens with zero attached hydrogens (tertiary/aromatic N) is 1. The number of hydrogen-bond acceptors (Lipinski definition) is 4. The molecule has 1 aliphatic rings. The predicted molar refractivity (Wildman–Crippen MR) is 75.3 cm³/mol. The molecule has 0 amide bonds. The summed E-state index contributed by atoms with van der Waals surface area (Å²) in [5, 5.41) is 13.6. The predicted octanol–water partition coefficient (Wildman–Crippen LogP) is 2.18. The minimum atomic E-state index is -0.639. The van der Waals surface area contributed by atoms with Crippen LogP contribution in [0, 0.1) is 6.92 Å². The highest BCUT2D eigenvalue weighted by Crippen LogP contribution is 2.30. The molecule has 0 atom stereocenters. The van der Waals surface area contributed by atoms with Gasteiger partial charge in [-0.05, 0) is 38.4 Å². The molecule has 2 rings (SSSR count). The van der Waals surface area contributed by atoms with E-state index in [-0.39, 0.29) is 0 Å². The van der Waals surface area contributed by atoms with Crippen LogP contribution in [-0.2, 0) is 6.54 Å². The second-order valence-electron chi connectivity index (χ2n) is 5.40. The maximum atomic E-state index is 10.3. The van der Waals surface area contributed by atoms with Crippen molar-refractivity contribution in [3.63, 3.8) is 0 Å². The first kappa shape index (κ1) is 14.3. The topological polar surface area (TPSA) is 54.4 Å². The second-order valence-corrected chi connectivity index (χ2v) is 5.40. The van der Waals surface area contributed by atoms with Gasteiger partial charge in [-0.25, -0.2) is 0 Å². The van der Waals surface area contributed by atoms with Crippen molar-refractivity contribution in [1.82, 2.24) is 10.3 Å². The van der Waals surface area contributed by atoms with Crippen molar-refractivity contribution in [1.29, 1.82) is 0 Å². The molecule has 0 saturated heterocycles. The van der Waals surface area contributed by atoms with Gasteiger partial charge in [0, 0.05) is 12.2 Å². The van der Waals surface area contributed by atoms with Gasteiger partial charge in [0.25, 0.3) is 0 Å². The molecule has 0 unspecified atom stereocenters. The molecule has 4 nitrogen and oxygen atoms in total. The Morgan fingerprint density at radius 2 is 2.11 bits per heavy atom. The zero-order valence-corrected chi connectivity index (χ0v) is 11.9. The van der Waals surface area contributed by atoms with Crippen LogP contribution in [0.2, 0.25) is 0 Å².